The molecule has 6 rings (SSSR count). The zero-order valence-corrected chi connectivity index (χ0v) is 41.0. The zero-order valence-electron chi connectivity index (χ0n) is 41.0. The molecule has 0 radical (unpaired) electrons. The topological polar surface area (TPSA) is 229 Å². The molecular weight excluding hydrogens is 905 g/mol. The van der Waals surface area contributed by atoms with Crippen molar-refractivity contribution >= 4 is 42.1 Å². The zero-order chi connectivity index (χ0) is 50.3. The van der Waals surface area contributed by atoms with Crippen molar-refractivity contribution in [2.45, 2.75) is 117 Å². The Balaban J connectivity index is 0.924. The van der Waals surface area contributed by atoms with Crippen LogP contribution >= 0.6 is 0 Å². The fourth-order valence-electron chi connectivity index (χ4n) is 7.85. The summed E-state index contributed by atoms with van der Waals surface area (Å²) in [5.41, 5.74) is 2.21. The molecule has 0 aliphatic carbocycles. The SMILES string of the molecule is CC(C)(C)OC(=O)NCc1ccc(CNC(=O)N2CCN(C(=O)O[C@@H]3CCO[C@H](COC(=O)N4CCC(C(=O)NCc5ccc(NC(=O)OC(C)(C)C)nc5)CC4)[C@H]3OCc3ccccc3)CC2)cc1. The van der Waals surface area contributed by atoms with E-state index in [0.717, 1.165) is 22.3 Å². The van der Waals surface area contributed by atoms with E-state index in [-0.39, 0.29) is 57.3 Å². The van der Waals surface area contributed by atoms with Crippen LogP contribution in [-0.4, -0.2) is 138 Å². The van der Waals surface area contributed by atoms with Crippen LogP contribution in [-0.2, 0) is 59.5 Å². The lowest BCUT2D eigenvalue weighted by Crippen LogP contribution is -2.55. The summed E-state index contributed by atoms with van der Waals surface area (Å²) in [5, 5.41) is 11.2. The second-order valence-corrected chi connectivity index (χ2v) is 19.4. The maximum atomic E-state index is 13.6. The molecule has 1 aromatic heterocycles. The van der Waals surface area contributed by atoms with E-state index in [9.17, 15) is 28.8 Å². The van der Waals surface area contributed by atoms with Crippen molar-refractivity contribution < 1.29 is 57.2 Å². The number of rotatable bonds is 14. The van der Waals surface area contributed by atoms with Gasteiger partial charge in [0.2, 0.25) is 5.91 Å². The molecule has 20 nitrogen and oxygen atoms in total. The van der Waals surface area contributed by atoms with Crippen molar-refractivity contribution in [3.63, 3.8) is 0 Å². The molecule has 380 valence electrons. The fraction of sp³-hybridized carbons (Fsp3) is 0.540. The molecule has 2 aromatic carbocycles. The predicted molar refractivity (Wildman–Crippen MR) is 256 cm³/mol. The summed E-state index contributed by atoms with van der Waals surface area (Å²) in [4.78, 5) is 86.1. The average Bonchev–Trinajstić information content (AvgIpc) is 3.33. The van der Waals surface area contributed by atoms with E-state index in [1.165, 1.54) is 0 Å². The third kappa shape index (κ3) is 17.1. The number of nitrogens with one attached hydrogen (secondary N) is 4. The number of benzene rings is 2. The third-order valence-electron chi connectivity index (χ3n) is 11.5. The molecule has 3 aliphatic heterocycles. The fourth-order valence-corrected chi connectivity index (χ4v) is 7.85. The normalized spacial score (nSPS) is 18.8. The third-order valence-corrected chi connectivity index (χ3v) is 11.5. The minimum atomic E-state index is -0.754. The lowest BCUT2D eigenvalue weighted by Gasteiger charge is -2.39. The summed E-state index contributed by atoms with van der Waals surface area (Å²) in [7, 11) is 0. The molecule has 4 heterocycles. The van der Waals surface area contributed by atoms with Crippen LogP contribution < -0.4 is 21.3 Å². The number of hydrogen-bond donors (Lipinski definition) is 4. The van der Waals surface area contributed by atoms with E-state index in [0.29, 0.717) is 64.3 Å². The quantitative estimate of drug-likeness (QED) is 0.130. The molecule has 0 saturated carbocycles. The lowest BCUT2D eigenvalue weighted by atomic mass is 9.96. The van der Waals surface area contributed by atoms with Gasteiger partial charge in [0.05, 0.1) is 13.2 Å². The average molecular weight is 973 g/mol. The number of nitrogens with zero attached hydrogens (tertiary/aromatic N) is 4. The summed E-state index contributed by atoms with van der Waals surface area (Å²) in [6.45, 7) is 13.7. The molecule has 70 heavy (non-hydrogen) atoms. The van der Waals surface area contributed by atoms with Gasteiger partial charge in [0.15, 0.2) is 0 Å². The van der Waals surface area contributed by atoms with Crippen LogP contribution in [0.2, 0.25) is 0 Å². The van der Waals surface area contributed by atoms with Crippen LogP contribution in [0.1, 0.15) is 83.1 Å². The van der Waals surface area contributed by atoms with Gasteiger partial charge in [-0.2, -0.15) is 0 Å². The highest BCUT2D eigenvalue weighted by molar-refractivity contribution is 5.83. The maximum Gasteiger partial charge on any atom is 0.413 e. The van der Waals surface area contributed by atoms with Gasteiger partial charge in [0, 0.05) is 77.4 Å². The van der Waals surface area contributed by atoms with Crippen LogP contribution in [0, 0.1) is 5.92 Å². The number of anilines is 1. The van der Waals surface area contributed by atoms with Crippen molar-refractivity contribution in [1.82, 2.24) is 35.6 Å². The van der Waals surface area contributed by atoms with Crippen molar-refractivity contribution in [1.29, 1.82) is 0 Å². The summed E-state index contributed by atoms with van der Waals surface area (Å²) in [6.07, 6.45) is -1.54. The summed E-state index contributed by atoms with van der Waals surface area (Å²) in [5.74, 6) is -0.0979. The van der Waals surface area contributed by atoms with Crippen molar-refractivity contribution in [3.05, 3.63) is 95.2 Å². The Morgan fingerprint density at radius 2 is 1.23 bits per heavy atom. The lowest BCUT2D eigenvalue weighted by molar-refractivity contribution is -0.178. The Hall–Kier alpha value is -6.67. The first-order chi connectivity index (χ1) is 33.4. The van der Waals surface area contributed by atoms with Gasteiger partial charge < -0.3 is 59.1 Å². The van der Waals surface area contributed by atoms with Crippen molar-refractivity contribution in [2.75, 3.05) is 57.8 Å². The number of ether oxygens (including phenoxy) is 6. The summed E-state index contributed by atoms with van der Waals surface area (Å²) < 4.78 is 34.8. The Bertz CT molecular complexity index is 2200. The van der Waals surface area contributed by atoms with Gasteiger partial charge in [0.1, 0.15) is 41.9 Å². The second-order valence-electron chi connectivity index (χ2n) is 19.4. The Labute approximate surface area is 409 Å². The van der Waals surface area contributed by atoms with Crippen LogP contribution in [0.4, 0.5) is 29.8 Å². The minimum absolute atomic E-state index is 0.131. The number of hydrogen-bond acceptors (Lipinski definition) is 13. The standard InChI is InChI=1S/C50H68N8O12/c1-49(2,3)69-45(61)54-29-35-14-12-34(13-15-35)28-53-44(60)56-23-25-58(26-24-56)48(64)68-39-20-27-65-40(42(39)66-32-36-10-8-7-9-11-36)33-67-47(63)57-21-18-38(19-22-57)43(59)52-31-37-16-17-41(51-30-37)55-46(62)70-50(4,5)6/h7-17,30,38-40,42H,18-29,31-33H2,1-6H3,(H,52,59)(H,53,60)(H,54,61)(H,51,55,62)/t39-,40-,42+/m1/s1. The van der Waals surface area contributed by atoms with Crippen LogP contribution in [0.3, 0.4) is 0 Å². The highest BCUT2D eigenvalue weighted by Crippen LogP contribution is 2.25. The van der Waals surface area contributed by atoms with Gasteiger partial charge >= 0.3 is 30.4 Å². The molecule has 3 aromatic rings. The number of piperidine rings is 1. The molecule has 3 saturated heterocycles. The molecule has 3 aliphatic rings. The maximum absolute atomic E-state index is 13.6. The molecule has 0 unspecified atom stereocenters. The molecule has 7 amide bonds. The monoisotopic (exact) mass is 972 g/mol. The van der Waals surface area contributed by atoms with Gasteiger partial charge in [0.25, 0.3) is 0 Å². The first kappa shape index (κ1) is 52.7. The van der Waals surface area contributed by atoms with Crippen molar-refractivity contribution in [2.24, 2.45) is 5.92 Å². The smallest absolute Gasteiger partial charge is 0.413 e. The van der Waals surface area contributed by atoms with E-state index >= 15 is 0 Å². The summed E-state index contributed by atoms with van der Waals surface area (Å²) in [6, 6.07) is 20.2. The predicted octanol–water partition coefficient (Wildman–Crippen LogP) is 6.33. The van der Waals surface area contributed by atoms with Crippen molar-refractivity contribution in [3.8, 4) is 0 Å². The highest BCUT2D eigenvalue weighted by Gasteiger charge is 2.40. The molecule has 20 heteroatoms. The number of amides is 7. The number of aromatic nitrogens is 1. The number of carbonyl (C=O) groups is 6. The Morgan fingerprint density at radius 1 is 0.643 bits per heavy atom. The van der Waals surface area contributed by atoms with Gasteiger partial charge in [-0.1, -0.05) is 60.7 Å². The Kier molecular flexibility index (Phi) is 18.6. The number of piperazine rings is 1. The second kappa shape index (κ2) is 24.7. The number of likely N-dealkylation sites (tertiary alicyclic amines) is 1. The number of pyridine rings is 1. The number of urea groups is 1. The first-order valence-corrected chi connectivity index (χ1v) is 23.8. The van der Waals surface area contributed by atoms with Gasteiger partial charge in [-0.3, -0.25) is 10.1 Å². The molecule has 3 fully saturated rings. The van der Waals surface area contributed by atoms with E-state index in [1.807, 2.05) is 54.6 Å². The highest BCUT2D eigenvalue weighted by atomic mass is 16.6. The molecular formula is C50H68N8O12. The molecule has 0 bridgehead atoms. The largest absolute Gasteiger partial charge is 0.447 e. The van der Waals surface area contributed by atoms with Crippen LogP contribution in [0.15, 0.2) is 72.9 Å². The van der Waals surface area contributed by atoms with Gasteiger partial charge in [-0.25, -0.2) is 29.0 Å². The van der Waals surface area contributed by atoms with E-state index < -0.39 is 53.9 Å². The molecule has 0 spiro atoms. The van der Waals surface area contributed by atoms with Gasteiger partial charge in [-0.05, 0) is 82.7 Å². The minimum Gasteiger partial charge on any atom is -0.447 e. The van der Waals surface area contributed by atoms with Crippen LogP contribution in [0.25, 0.3) is 0 Å². The molecule has 4 N–H and O–H groups in total. The Morgan fingerprint density at radius 3 is 1.86 bits per heavy atom. The van der Waals surface area contributed by atoms with E-state index in [2.05, 4.69) is 26.3 Å². The molecule has 3 atom stereocenters. The first-order valence-electron chi connectivity index (χ1n) is 23.8. The summed E-state index contributed by atoms with van der Waals surface area (Å²) >= 11 is 0. The van der Waals surface area contributed by atoms with Crippen LogP contribution in [0.5, 0.6) is 0 Å². The van der Waals surface area contributed by atoms with E-state index in [4.69, 9.17) is 28.4 Å². The van der Waals surface area contributed by atoms with E-state index in [1.54, 1.807) is 74.6 Å². The number of carbonyl (C=O) groups excluding carboxylic acids is 6. The van der Waals surface area contributed by atoms with Gasteiger partial charge in [-0.15, -0.1) is 0 Å². The number of alkyl carbamates (subject to hydrolysis) is 1.